The molecule has 1 aliphatic rings. The van der Waals surface area contributed by atoms with Gasteiger partial charge in [-0.05, 0) is 31.4 Å². The molecule has 1 N–H and O–H groups in total. The number of aromatic nitrogens is 1. The molecule has 1 amide bonds. The van der Waals surface area contributed by atoms with Gasteiger partial charge in [0.1, 0.15) is 10.8 Å². The SMILES string of the molecule is COc1ccccc1CN1CCC[C@H]([C@H](NC(=O)C(C)C)c2nccs2)C1. The standard InChI is InChI=1S/C21H29N3O2S/c1-15(2)20(25)23-19(21-22-10-12-27-21)17-8-6-11-24(14-17)13-16-7-4-5-9-18(16)26-3/h4-5,7,9-10,12,15,17,19H,6,8,11,13-14H2,1-3H3,(H,23,25)/t17-,19-/m0/s1. The minimum absolute atomic E-state index is 0.0135. The van der Waals surface area contributed by atoms with Crippen molar-refractivity contribution in [2.75, 3.05) is 20.2 Å². The first kappa shape index (κ1) is 19.8. The van der Waals surface area contributed by atoms with Crippen LogP contribution in [0, 0.1) is 11.8 Å². The summed E-state index contributed by atoms with van der Waals surface area (Å²) in [6.45, 7) is 6.74. The Hall–Kier alpha value is -1.92. The normalized spacial score (nSPS) is 19.0. The van der Waals surface area contributed by atoms with Crippen molar-refractivity contribution in [1.82, 2.24) is 15.2 Å². The number of hydrogen-bond acceptors (Lipinski definition) is 5. The Balaban J connectivity index is 1.73. The predicted octanol–water partition coefficient (Wildman–Crippen LogP) is 3.88. The van der Waals surface area contributed by atoms with Crippen molar-refractivity contribution < 1.29 is 9.53 Å². The van der Waals surface area contributed by atoms with Crippen molar-refractivity contribution in [3.8, 4) is 5.75 Å². The lowest BCUT2D eigenvalue weighted by molar-refractivity contribution is -0.125. The van der Waals surface area contributed by atoms with Crippen molar-refractivity contribution in [1.29, 1.82) is 0 Å². The number of rotatable bonds is 7. The topological polar surface area (TPSA) is 54.5 Å². The average molecular weight is 388 g/mol. The third kappa shape index (κ3) is 5.08. The second kappa shape index (κ2) is 9.33. The predicted molar refractivity (Wildman–Crippen MR) is 109 cm³/mol. The largest absolute Gasteiger partial charge is 0.496 e. The molecule has 5 nitrogen and oxygen atoms in total. The van der Waals surface area contributed by atoms with Crippen LogP contribution in [0.1, 0.15) is 43.3 Å². The van der Waals surface area contributed by atoms with Crippen LogP contribution in [0.25, 0.3) is 0 Å². The van der Waals surface area contributed by atoms with Gasteiger partial charge in [-0.25, -0.2) is 4.98 Å². The minimum Gasteiger partial charge on any atom is -0.496 e. The van der Waals surface area contributed by atoms with Crippen LogP contribution < -0.4 is 10.1 Å². The molecule has 0 aliphatic carbocycles. The molecule has 1 aliphatic heterocycles. The summed E-state index contributed by atoms with van der Waals surface area (Å²) in [7, 11) is 1.72. The molecule has 1 aromatic heterocycles. The molecule has 3 rings (SSSR count). The van der Waals surface area contributed by atoms with E-state index < -0.39 is 0 Å². The summed E-state index contributed by atoms with van der Waals surface area (Å²) >= 11 is 1.63. The van der Waals surface area contributed by atoms with Gasteiger partial charge in [0, 0.05) is 36.1 Å². The molecule has 2 aromatic rings. The summed E-state index contributed by atoms with van der Waals surface area (Å²) in [4.78, 5) is 19.4. The maximum atomic E-state index is 12.4. The molecule has 2 atom stereocenters. The van der Waals surface area contributed by atoms with Gasteiger partial charge in [-0.15, -0.1) is 11.3 Å². The first-order chi connectivity index (χ1) is 13.1. The van der Waals surface area contributed by atoms with E-state index in [1.165, 1.54) is 5.56 Å². The highest BCUT2D eigenvalue weighted by molar-refractivity contribution is 7.09. The van der Waals surface area contributed by atoms with Gasteiger partial charge in [0.15, 0.2) is 0 Å². The Morgan fingerprint density at radius 2 is 2.22 bits per heavy atom. The molecule has 1 fully saturated rings. The average Bonchev–Trinajstić information content (AvgIpc) is 3.21. The van der Waals surface area contributed by atoms with E-state index in [9.17, 15) is 4.79 Å². The van der Waals surface area contributed by atoms with E-state index in [1.807, 2.05) is 37.6 Å². The van der Waals surface area contributed by atoms with Gasteiger partial charge in [-0.3, -0.25) is 9.69 Å². The zero-order chi connectivity index (χ0) is 19.2. The van der Waals surface area contributed by atoms with E-state index in [-0.39, 0.29) is 17.9 Å². The highest BCUT2D eigenvalue weighted by atomic mass is 32.1. The summed E-state index contributed by atoms with van der Waals surface area (Å²) < 4.78 is 5.51. The van der Waals surface area contributed by atoms with Gasteiger partial charge in [0.2, 0.25) is 5.91 Å². The molecule has 1 aromatic carbocycles. The number of para-hydroxylation sites is 1. The minimum atomic E-state index is -0.0271. The van der Waals surface area contributed by atoms with Crippen molar-refractivity contribution in [3.63, 3.8) is 0 Å². The van der Waals surface area contributed by atoms with Crippen molar-refractivity contribution in [3.05, 3.63) is 46.4 Å². The van der Waals surface area contributed by atoms with Crippen LogP contribution in [-0.2, 0) is 11.3 Å². The number of methoxy groups -OCH3 is 1. The molecule has 0 radical (unpaired) electrons. The smallest absolute Gasteiger partial charge is 0.223 e. The third-order valence-corrected chi connectivity index (χ3v) is 6.00. The zero-order valence-corrected chi connectivity index (χ0v) is 17.2. The molecule has 146 valence electrons. The Morgan fingerprint density at radius 3 is 2.93 bits per heavy atom. The number of ether oxygens (including phenoxy) is 1. The van der Waals surface area contributed by atoms with Crippen LogP contribution in [-0.4, -0.2) is 36.0 Å². The maximum absolute atomic E-state index is 12.4. The van der Waals surface area contributed by atoms with Crippen LogP contribution in [0.4, 0.5) is 0 Å². The van der Waals surface area contributed by atoms with E-state index in [1.54, 1.807) is 18.4 Å². The summed E-state index contributed by atoms with van der Waals surface area (Å²) in [5, 5.41) is 6.25. The van der Waals surface area contributed by atoms with Crippen molar-refractivity contribution in [2.24, 2.45) is 11.8 Å². The molecule has 2 heterocycles. The lowest BCUT2D eigenvalue weighted by Crippen LogP contribution is -2.43. The Kier molecular flexibility index (Phi) is 6.85. The lowest BCUT2D eigenvalue weighted by atomic mass is 9.90. The van der Waals surface area contributed by atoms with Gasteiger partial charge < -0.3 is 10.1 Å². The number of nitrogens with one attached hydrogen (secondary N) is 1. The highest BCUT2D eigenvalue weighted by Crippen LogP contribution is 2.32. The van der Waals surface area contributed by atoms with Gasteiger partial charge in [0.25, 0.3) is 0 Å². The second-order valence-corrected chi connectivity index (χ2v) is 8.39. The molecule has 27 heavy (non-hydrogen) atoms. The van der Waals surface area contributed by atoms with E-state index in [2.05, 4.69) is 27.3 Å². The quantitative estimate of drug-likeness (QED) is 0.783. The van der Waals surface area contributed by atoms with Crippen LogP contribution in [0.2, 0.25) is 0 Å². The molecule has 1 saturated heterocycles. The fourth-order valence-corrected chi connectivity index (χ4v) is 4.45. The molecule has 0 spiro atoms. The first-order valence-corrected chi connectivity index (χ1v) is 10.5. The lowest BCUT2D eigenvalue weighted by Gasteiger charge is -2.37. The van der Waals surface area contributed by atoms with Crippen molar-refractivity contribution in [2.45, 2.75) is 39.3 Å². The van der Waals surface area contributed by atoms with Crippen molar-refractivity contribution >= 4 is 17.2 Å². The fraction of sp³-hybridized carbons (Fsp3) is 0.524. The van der Waals surface area contributed by atoms with Gasteiger partial charge in [-0.2, -0.15) is 0 Å². The fourth-order valence-electron chi connectivity index (χ4n) is 3.67. The van der Waals surface area contributed by atoms with E-state index in [0.29, 0.717) is 5.92 Å². The molecule has 0 bridgehead atoms. The number of carbonyl (C=O) groups is 1. The number of hydrogen-bond donors (Lipinski definition) is 1. The van der Waals surface area contributed by atoms with Crippen LogP contribution in [0.5, 0.6) is 5.75 Å². The number of nitrogens with zero attached hydrogens (tertiary/aromatic N) is 2. The van der Waals surface area contributed by atoms with E-state index in [4.69, 9.17) is 4.74 Å². The first-order valence-electron chi connectivity index (χ1n) is 9.62. The zero-order valence-electron chi connectivity index (χ0n) is 16.4. The van der Waals surface area contributed by atoms with Gasteiger partial charge >= 0.3 is 0 Å². The number of likely N-dealkylation sites (tertiary alicyclic amines) is 1. The van der Waals surface area contributed by atoms with Crippen LogP contribution >= 0.6 is 11.3 Å². The van der Waals surface area contributed by atoms with Crippen LogP contribution in [0.15, 0.2) is 35.8 Å². The maximum Gasteiger partial charge on any atom is 0.223 e. The highest BCUT2D eigenvalue weighted by Gasteiger charge is 2.31. The Labute approximate surface area is 165 Å². The Bertz CT molecular complexity index is 733. The third-order valence-electron chi connectivity index (χ3n) is 5.14. The number of amides is 1. The molecular weight excluding hydrogens is 358 g/mol. The summed E-state index contributed by atoms with van der Waals surface area (Å²) in [5.74, 6) is 1.37. The Morgan fingerprint density at radius 1 is 1.41 bits per heavy atom. The molecule has 0 unspecified atom stereocenters. The number of piperidine rings is 1. The summed E-state index contributed by atoms with van der Waals surface area (Å²) in [5.41, 5.74) is 1.21. The van der Waals surface area contributed by atoms with E-state index in [0.717, 1.165) is 43.2 Å². The van der Waals surface area contributed by atoms with Gasteiger partial charge in [-0.1, -0.05) is 32.0 Å². The van der Waals surface area contributed by atoms with Gasteiger partial charge in [0.05, 0.1) is 13.2 Å². The number of thiazole rings is 1. The second-order valence-electron chi connectivity index (χ2n) is 7.46. The number of carbonyl (C=O) groups excluding carboxylic acids is 1. The summed E-state index contributed by atoms with van der Waals surface area (Å²) in [6.07, 6.45) is 4.05. The summed E-state index contributed by atoms with van der Waals surface area (Å²) in [6, 6.07) is 8.18. The van der Waals surface area contributed by atoms with Crippen LogP contribution in [0.3, 0.4) is 0 Å². The molecule has 0 saturated carbocycles. The van der Waals surface area contributed by atoms with E-state index >= 15 is 0 Å². The molecule has 6 heteroatoms. The molecular formula is C21H29N3O2S. The monoisotopic (exact) mass is 387 g/mol. The number of benzene rings is 1.